The van der Waals surface area contributed by atoms with Crippen molar-refractivity contribution >= 4 is 21.5 Å². The molecule has 7 nitrogen and oxygen atoms in total. The lowest BCUT2D eigenvalue weighted by atomic mass is 10.1. The number of aryl methyl sites for hydroxylation is 1. The van der Waals surface area contributed by atoms with Gasteiger partial charge in [0.2, 0.25) is 0 Å². The molecule has 0 unspecified atom stereocenters. The number of Topliss-reactive ketones (excluding diaryl/α,β-unsaturated/α-hetero) is 1. The van der Waals surface area contributed by atoms with Crippen molar-refractivity contribution in [2.45, 2.75) is 44.0 Å². The summed E-state index contributed by atoms with van der Waals surface area (Å²) in [5, 5.41) is 8.34. The van der Waals surface area contributed by atoms with Crippen LogP contribution in [0.25, 0.3) is 11.4 Å². The fraction of sp³-hybridized carbons (Fsp3) is 0.286. The molecule has 4 rings (SSSR count). The van der Waals surface area contributed by atoms with E-state index in [9.17, 15) is 17.6 Å². The van der Waals surface area contributed by atoms with Gasteiger partial charge in [0.05, 0.1) is 10.5 Å². The van der Waals surface area contributed by atoms with Gasteiger partial charge in [-0.25, -0.2) is 12.8 Å². The predicted molar refractivity (Wildman–Crippen MR) is 110 cm³/mol. The van der Waals surface area contributed by atoms with Crippen LogP contribution >= 0.6 is 0 Å². The molecule has 3 aromatic rings. The number of sulfonamides is 1. The fourth-order valence-corrected chi connectivity index (χ4v) is 4.64. The highest BCUT2D eigenvalue weighted by Gasteiger charge is 2.21. The number of nitrogens with one attached hydrogen (secondary N) is 1. The van der Waals surface area contributed by atoms with E-state index in [0.717, 1.165) is 31.5 Å². The number of benzene rings is 2. The number of anilines is 1. The second kappa shape index (κ2) is 7.98. The molecule has 0 aliphatic carbocycles. The zero-order valence-electron chi connectivity index (χ0n) is 16.4. The van der Waals surface area contributed by atoms with Gasteiger partial charge in [-0.1, -0.05) is 18.6 Å². The Labute approximate surface area is 174 Å². The summed E-state index contributed by atoms with van der Waals surface area (Å²) in [6.45, 7) is 2.07. The third-order valence-corrected chi connectivity index (χ3v) is 6.50. The highest BCUT2D eigenvalue weighted by molar-refractivity contribution is 7.92. The maximum atomic E-state index is 14.6. The third-order valence-electron chi connectivity index (χ3n) is 5.12. The Kier molecular flexibility index (Phi) is 5.38. The van der Waals surface area contributed by atoms with Gasteiger partial charge in [-0.15, -0.1) is 10.2 Å². The van der Waals surface area contributed by atoms with Crippen LogP contribution in [-0.2, 0) is 23.0 Å². The van der Waals surface area contributed by atoms with Gasteiger partial charge in [-0.05, 0) is 50.1 Å². The largest absolute Gasteiger partial charge is 0.311 e. The van der Waals surface area contributed by atoms with Crippen LogP contribution in [0, 0.1) is 5.82 Å². The molecule has 1 aliphatic heterocycles. The summed E-state index contributed by atoms with van der Waals surface area (Å²) in [5.41, 5.74) is 0.683. The normalized spacial score (nSPS) is 14.1. The molecule has 2 heterocycles. The summed E-state index contributed by atoms with van der Waals surface area (Å²) < 4.78 is 44.5. The Bertz CT molecular complexity index is 1220. The molecule has 9 heteroatoms. The van der Waals surface area contributed by atoms with Crippen LogP contribution < -0.4 is 4.72 Å². The standard InChI is InChI=1S/C21H21FN4O3S/c1-14(27)15-6-5-7-17(12-15)30(28,29)25-16-9-10-19(22)18(13-16)21-24-23-20-8-3-2-4-11-26(20)21/h5-7,9-10,12-13,25H,2-4,8,11H2,1H3. The molecule has 0 amide bonds. The zero-order chi connectivity index (χ0) is 21.3. The van der Waals surface area contributed by atoms with Crippen LogP contribution in [-0.4, -0.2) is 29.0 Å². The first-order valence-corrected chi connectivity index (χ1v) is 11.2. The smallest absolute Gasteiger partial charge is 0.261 e. The summed E-state index contributed by atoms with van der Waals surface area (Å²) in [4.78, 5) is 11.5. The lowest BCUT2D eigenvalue weighted by molar-refractivity contribution is 0.101. The number of carbonyl (C=O) groups excluding carboxylic acids is 1. The number of ketones is 1. The molecule has 156 valence electrons. The van der Waals surface area contributed by atoms with Crippen LogP contribution in [0.3, 0.4) is 0 Å². The molecule has 0 saturated heterocycles. The van der Waals surface area contributed by atoms with Gasteiger partial charge in [0.15, 0.2) is 11.6 Å². The van der Waals surface area contributed by atoms with Crippen molar-refractivity contribution in [1.29, 1.82) is 0 Å². The Hall–Kier alpha value is -3.07. The van der Waals surface area contributed by atoms with E-state index < -0.39 is 15.8 Å². The van der Waals surface area contributed by atoms with Crippen molar-refractivity contribution in [3.05, 3.63) is 59.7 Å². The zero-order valence-corrected chi connectivity index (χ0v) is 17.2. The molecular formula is C21H21FN4O3S. The summed E-state index contributed by atoms with van der Waals surface area (Å²) in [7, 11) is -3.96. The van der Waals surface area contributed by atoms with Crippen molar-refractivity contribution in [2.24, 2.45) is 0 Å². The lowest BCUT2D eigenvalue weighted by Gasteiger charge is -2.12. The van der Waals surface area contributed by atoms with Crippen molar-refractivity contribution < 1.29 is 17.6 Å². The van der Waals surface area contributed by atoms with E-state index in [1.807, 2.05) is 4.57 Å². The third kappa shape index (κ3) is 3.97. The SMILES string of the molecule is CC(=O)c1cccc(S(=O)(=O)Nc2ccc(F)c(-c3nnc4n3CCCCC4)c2)c1. The van der Waals surface area contributed by atoms with Gasteiger partial charge in [0.25, 0.3) is 10.0 Å². The molecule has 0 radical (unpaired) electrons. The van der Waals surface area contributed by atoms with Crippen molar-refractivity contribution in [3.63, 3.8) is 0 Å². The van der Waals surface area contributed by atoms with E-state index in [1.165, 1.54) is 43.3 Å². The number of hydrogen-bond donors (Lipinski definition) is 1. The molecule has 1 N–H and O–H groups in total. The highest BCUT2D eigenvalue weighted by Crippen LogP contribution is 2.28. The highest BCUT2D eigenvalue weighted by atomic mass is 32.2. The van der Waals surface area contributed by atoms with E-state index in [-0.39, 0.29) is 21.9 Å². The number of fused-ring (bicyclic) bond motifs is 1. The Morgan fingerprint density at radius 1 is 1.10 bits per heavy atom. The fourth-order valence-electron chi connectivity index (χ4n) is 3.54. The van der Waals surface area contributed by atoms with Gasteiger partial charge in [-0.2, -0.15) is 0 Å². The van der Waals surface area contributed by atoms with Crippen molar-refractivity contribution in [2.75, 3.05) is 4.72 Å². The second-order valence-electron chi connectivity index (χ2n) is 7.29. The molecule has 30 heavy (non-hydrogen) atoms. The molecule has 0 bridgehead atoms. The number of rotatable bonds is 5. The summed E-state index contributed by atoms with van der Waals surface area (Å²) in [5.74, 6) is 0.470. The van der Waals surface area contributed by atoms with E-state index in [4.69, 9.17) is 0 Å². The predicted octanol–water partition coefficient (Wildman–Crippen LogP) is 3.81. The van der Waals surface area contributed by atoms with Gasteiger partial charge in [0, 0.05) is 24.2 Å². The lowest BCUT2D eigenvalue weighted by Crippen LogP contribution is -2.14. The van der Waals surface area contributed by atoms with E-state index >= 15 is 0 Å². The molecule has 0 fully saturated rings. The van der Waals surface area contributed by atoms with E-state index in [0.29, 0.717) is 17.9 Å². The number of halogens is 1. The van der Waals surface area contributed by atoms with Crippen LogP contribution in [0.2, 0.25) is 0 Å². The molecule has 2 aromatic carbocycles. The first kappa shape index (κ1) is 20.2. The topological polar surface area (TPSA) is 93.9 Å². The van der Waals surface area contributed by atoms with Crippen LogP contribution in [0.4, 0.5) is 10.1 Å². The minimum atomic E-state index is -3.96. The number of aromatic nitrogens is 3. The first-order valence-electron chi connectivity index (χ1n) is 9.71. The van der Waals surface area contributed by atoms with Gasteiger partial charge < -0.3 is 4.57 Å². The summed E-state index contributed by atoms with van der Waals surface area (Å²) in [6, 6.07) is 9.75. The van der Waals surface area contributed by atoms with E-state index in [1.54, 1.807) is 6.07 Å². The van der Waals surface area contributed by atoms with Crippen molar-refractivity contribution in [3.8, 4) is 11.4 Å². The minimum Gasteiger partial charge on any atom is -0.311 e. The van der Waals surface area contributed by atoms with Crippen LogP contribution in [0.1, 0.15) is 42.4 Å². The maximum Gasteiger partial charge on any atom is 0.261 e. The number of carbonyl (C=O) groups is 1. The number of hydrogen-bond acceptors (Lipinski definition) is 5. The number of nitrogens with zero attached hydrogens (tertiary/aromatic N) is 3. The molecule has 0 atom stereocenters. The van der Waals surface area contributed by atoms with Crippen LogP contribution in [0.5, 0.6) is 0 Å². The molecule has 1 aromatic heterocycles. The first-order chi connectivity index (χ1) is 14.3. The second-order valence-corrected chi connectivity index (χ2v) is 8.97. The Balaban J connectivity index is 1.68. The Morgan fingerprint density at radius 2 is 1.93 bits per heavy atom. The van der Waals surface area contributed by atoms with E-state index in [2.05, 4.69) is 14.9 Å². The van der Waals surface area contributed by atoms with Gasteiger partial charge in [-0.3, -0.25) is 9.52 Å². The molecule has 1 aliphatic rings. The van der Waals surface area contributed by atoms with Crippen LogP contribution in [0.15, 0.2) is 47.4 Å². The average molecular weight is 428 g/mol. The summed E-state index contributed by atoms with van der Waals surface area (Å²) in [6.07, 6.45) is 3.83. The molecule has 0 saturated carbocycles. The minimum absolute atomic E-state index is 0.0441. The monoisotopic (exact) mass is 428 g/mol. The Morgan fingerprint density at radius 3 is 2.73 bits per heavy atom. The van der Waals surface area contributed by atoms with Gasteiger partial charge in [0.1, 0.15) is 11.6 Å². The maximum absolute atomic E-state index is 14.6. The van der Waals surface area contributed by atoms with Gasteiger partial charge >= 0.3 is 0 Å². The van der Waals surface area contributed by atoms with Crippen molar-refractivity contribution in [1.82, 2.24) is 14.8 Å². The summed E-state index contributed by atoms with van der Waals surface area (Å²) >= 11 is 0. The molecular weight excluding hydrogens is 407 g/mol. The average Bonchev–Trinajstić information content (AvgIpc) is 2.97. The quantitative estimate of drug-likeness (QED) is 0.624. The molecule has 0 spiro atoms.